The zero-order valence-electron chi connectivity index (χ0n) is 23.0. The van der Waals surface area contributed by atoms with Gasteiger partial charge in [0.2, 0.25) is 21.8 Å². The van der Waals surface area contributed by atoms with Crippen LogP contribution < -0.4 is 5.32 Å². The molecule has 2 amide bonds. The van der Waals surface area contributed by atoms with Crippen molar-refractivity contribution in [1.82, 2.24) is 19.5 Å². The van der Waals surface area contributed by atoms with Gasteiger partial charge in [-0.15, -0.1) is 0 Å². The molecule has 0 saturated heterocycles. The van der Waals surface area contributed by atoms with Crippen LogP contribution in [0, 0.1) is 0 Å². The first kappa shape index (κ1) is 29.6. The smallest absolute Gasteiger partial charge is 0.243 e. The molecule has 41 heavy (non-hydrogen) atoms. The monoisotopic (exact) mass is 570 g/mol. The Morgan fingerprint density at radius 2 is 1.24 bits per heavy atom. The van der Waals surface area contributed by atoms with Gasteiger partial charge in [-0.2, -0.15) is 4.31 Å². The van der Waals surface area contributed by atoms with Crippen LogP contribution in [0.4, 0.5) is 0 Å². The van der Waals surface area contributed by atoms with Crippen molar-refractivity contribution in [3.63, 3.8) is 0 Å². The Morgan fingerprint density at radius 1 is 0.732 bits per heavy atom. The van der Waals surface area contributed by atoms with Crippen molar-refractivity contribution < 1.29 is 18.0 Å². The van der Waals surface area contributed by atoms with Crippen molar-refractivity contribution >= 4 is 21.8 Å². The molecule has 0 bridgehead atoms. The van der Waals surface area contributed by atoms with Crippen LogP contribution in [0.2, 0.25) is 0 Å². The lowest BCUT2D eigenvalue weighted by Gasteiger charge is -2.33. The number of pyridine rings is 1. The third-order valence-electron chi connectivity index (χ3n) is 6.67. The predicted molar refractivity (Wildman–Crippen MR) is 159 cm³/mol. The molecule has 4 aromatic rings. The van der Waals surface area contributed by atoms with Crippen molar-refractivity contribution in [3.8, 4) is 0 Å². The van der Waals surface area contributed by atoms with E-state index in [-0.39, 0.29) is 32.0 Å². The zero-order valence-corrected chi connectivity index (χ0v) is 23.8. The van der Waals surface area contributed by atoms with E-state index in [1.54, 1.807) is 12.4 Å². The van der Waals surface area contributed by atoms with Crippen molar-refractivity contribution in [1.29, 1.82) is 0 Å². The maximum Gasteiger partial charge on any atom is 0.243 e. The van der Waals surface area contributed by atoms with E-state index in [9.17, 15) is 18.0 Å². The minimum absolute atomic E-state index is 0.0438. The Labute approximate surface area is 241 Å². The normalized spacial score (nSPS) is 12.0. The minimum atomic E-state index is -3.74. The number of nitrogens with one attached hydrogen (secondary N) is 1. The second-order valence-corrected chi connectivity index (χ2v) is 11.8. The van der Waals surface area contributed by atoms with Gasteiger partial charge in [-0.25, -0.2) is 8.42 Å². The fourth-order valence-electron chi connectivity index (χ4n) is 4.46. The van der Waals surface area contributed by atoms with Crippen LogP contribution in [0.15, 0.2) is 116 Å². The molecule has 0 aliphatic rings. The highest BCUT2D eigenvalue weighted by Gasteiger charge is 2.32. The molecular formula is C32H34N4O4S. The number of nitrogens with zero attached hydrogens (tertiary/aromatic N) is 3. The van der Waals surface area contributed by atoms with Crippen LogP contribution in [0.5, 0.6) is 0 Å². The van der Waals surface area contributed by atoms with Crippen molar-refractivity contribution in [2.24, 2.45) is 0 Å². The Bertz CT molecular complexity index is 1500. The summed E-state index contributed by atoms with van der Waals surface area (Å²) in [5.41, 5.74) is 3.34. The van der Waals surface area contributed by atoms with Gasteiger partial charge in [-0.05, 0) is 34.4 Å². The summed E-state index contributed by atoms with van der Waals surface area (Å²) in [6, 6.07) is 30.7. The van der Waals surface area contributed by atoms with E-state index in [0.29, 0.717) is 0 Å². The highest BCUT2D eigenvalue weighted by molar-refractivity contribution is 7.88. The lowest BCUT2D eigenvalue weighted by molar-refractivity contribution is -0.141. The summed E-state index contributed by atoms with van der Waals surface area (Å²) < 4.78 is 26.7. The molecule has 0 saturated carbocycles. The SMILES string of the molecule is CS(=O)(=O)N(CC(=O)N(Cc1ccccc1)[C@H](Cc1ccccc1)C(=O)NCc1ccncc1)Cc1ccccc1. The number of sulfonamides is 1. The first-order chi connectivity index (χ1) is 19.8. The highest BCUT2D eigenvalue weighted by atomic mass is 32.2. The van der Waals surface area contributed by atoms with Gasteiger partial charge in [0, 0.05) is 38.4 Å². The van der Waals surface area contributed by atoms with Gasteiger partial charge in [-0.1, -0.05) is 91.0 Å². The third kappa shape index (κ3) is 9.09. The topological polar surface area (TPSA) is 99.7 Å². The Morgan fingerprint density at radius 3 is 1.78 bits per heavy atom. The van der Waals surface area contributed by atoms with Crippen LogP contribution in [0.3, 0.4) is 0 Å². The van der Waals surface area contributed by atoms with Gasteiger partial charge in [0.25, 0.3) is 0 Å². The van der Waals surface area contributed by atoms with Crippen molar-refractivity contribution in [2.45, 2.75) is 32.1 Å². The molecule has 9 heteroatoms. The van der Waals surface area contributed by atoms with Crippen LogP contribution in [0.1, 0.15) is 22.3 Å². The maximum atomic E-state index is 14.0. The summed E-state index contributed by atoms with van der Waals surface area (Å²) in [5, 5.41) is 2.97. The summed E-state index contributed by atoms with van der Waals surface area (Å²) in [6.45, 7) is 0.0535. The molecule has 1 atom stereocenters. The second-order valence-electron chi connectivity index (χ2n) is 9.80. The first-order valence-corrected chi connectivity index (χ1v) is 15.2. The van der Waals surface area contributed by atoms with E-state index in [1.165, 1.54) is 4.90 Å². The Balaban J connectivity index is 1.66. The summed E-state index contributed by atoms with van der Waals surface area (Å²) in [4.78, 5) is 33.3. The van der Waals surface area contributed by atoms with Gasteiger partial charge in [-0.3, -0.25) is 14.6 Å². The average molecular weight is 571 g/mol. The van der Waals surface area contributed by atoms with Gasteiger partial charge >= 0.3 is 0 Å². The van der Waals surface area contributed by atoms with E-state index in [4.69, 9.17) is 0 Å². The van der Waals surface area contributed by atoms with Crippen LogP contribution in [-0.4, -0.2) is 53.3 Å². The molecule has 1 heterocycles. The highest BCUT2D eigenvalue weighted by Crippen LogP contribution is 2.17. The maximum absolute atomic E-state index is 14.0. The molecule has 0 unspecified atom stereocenters. The molecule has 8 nitrogen and oxygen atoms in total. The molecule has 1 aromatic heterocycles. The largest absolute Gasteiger partial charge is 0.350 e. The molecule has 0 aliphatic carbocycles. The van der Waals surface area contributed by atoms with Crippen LogP contribution in [0.25, 0.3) is 0 Å². The number of hydrogen-bond donors (Lipinski definition) is 1. The standard InChI is InChI=1S/C32H34N4O4S/c1-41(39,40)35(23-28-13-7-3-8-14-28)25-31(37)36(24-29-15-9-4-10-16-29)30(21-26-11-5-2-6-12-26)32(38)34-22-27-17-19-33-20-18-27/h2-20,30H,21-25H2,1H3,(H,34,38)/t30-/m1/s1. The fourth-order valence-corrected chi connectivity index (χ4v) is 5.19. The lowest BCUT2D eigenvalue weighted by atomic mass is 10.0. The molecular weight excluding hydrogens is 536 g/mol. The Hall–Kier alpha value is -4.34. The second kappa shape index (κ2) is 14.3. The molecule has 0 radical (unpaired) electrons. The van der Waals surface area contributed by atoms with Crippen LogP contribution >= 0.6 is 0 Å². The van der Waals surface area contributed by atoms with E-state index < -0.39 is 28.5 Å². The summed E-state index contributed by atoms with van der Waals surface area (Å²) in [5.74, 6) is -0.792. The van der Waals surface area contributed by atoms with Crippen molar-refractivity contribution in [2.75, 3.05) is 12.8 Å². The number of carbonyl (C=O) groups excluding carboxylic acids is 2. The van der Waals surface area contributed by atoms with Gasteiger partial charge in [0.1, 0.15) is 6.04 Å². The van der Waals surface area contributed by atoms with Gasteiger partial charge in [0.15, 0.2) is 0 Å². The number of rotatable bonds is 13. The molecule has 0 aliphatic heterocycles. The van der Waals surface area contributed by atoms with E-state index in [2.05, 4.69) is 10.3 Å². The molecule has 3 aromatic carbocycles. The summed E-state index contributed by atoms with van der Waals surface area (Å²) in [7, 11) is -3.74. The van der Waals surface area contributed by atoms with Crippen LogP contribution in [-0.2, 0) is 45.7 Å². The fraction of sp³-hybridized carbons (Fsp3) is 0.219. The molecule has 4 rings (SSSR count). The van der Waals surface area contributed by atoms with Gasteiger partial charge < -0.3 is 10.2 Å². The zero-order chi connectivity index (χ0) is 29.1. The first-order valence-electron chi connectivity index (χ1n) is 13.3. The van der Waals surface area contributed by atoms with Gasteiger partial charge in [0.05, 0.1) is 12.8 Å². The number of carbonyl (C=O) groups is 2. The minimum Gasteiger partial charge on any atom is -0.350 e. The molecule has 0 spiro atoms. The Kier molecular flexibility index (Phi) is 10.4. The molecule has 212 valence electrons. The summed E-state index contributed by atoms with van der Waals surface area (Å²) in [6.07, 6.45) is 4.66. The number of hydrogen-bond acceptors (Lipinski definition) is 5. The number of benzene rings is 3. The third-order valence-corrected chi connectivity index (χ3v) is 7.86. The van der Waals surface area contributed by atoms with E-state index in [1.807, 2.05) is 103 Å². The molecule has 0 fully saturated rings. The lowest BCUT2D eigenvalue weighted by Crippen LogP contribution is -2.53. The van der Waals surface area contributed by atoms with E-state index >= 15 is 0 Å². The van der Waals surface area contributed by atoms with Crippen molar-refractivity contribution in [3.05, 3.63) is 138 Å². The number of amides is 2. The molecule has 1 N–H and O–H groups in total. The number of aromatic nitrogens is 1. The quantitative estimate of drug-likeness (QED) is 0.264. The predicted octanol–water partition coefficient (Wildman–Crippen LogP) is 3.80. The average Bonchev–Trinajstić information content (AvgIpc) is 2.99. The summed E-state index contributed by atoms with van der Waals surface area (Å²) >= 11 is 0. The van der Waals surface area contributed by atoms with E-state index in [0.717, 1.165) is 32.8 Å².